The molecule has 0 spiro atoms. The van der Waals surface area contributed by atoms with Crippen LogP contribution in [0.3, 0.4) is 0 Å². The van der Waals surface area contributed by atoms with Crippen molar-refractivity contribution < 1.29 is 14.3 Å². The summed E-state index contributed by atoms with van der Waals surface area (Å²) in [5.74, 6) is -0.602. The Morgan fingerprint density at radius 2 is 1.67 bits per heavy atom. The maximum absolute atomic E-state index is 13.2. The molecule has 4 heteroatoms. The van der Waals surface area contributed by atoms with Crippen LogP contribution in [0.25, 0.3) is 10.9 Å². The Bertz CT molecular complexity index is 1150. The molecular formula is C26H27NO3. The lowest BCUT2D eigenvalue weighted by Gasteiger charge is -2.15. The number of fused-ring (bicyclic) bond motifs is 2. The Morgan fingerprint density at radius 1 is 0.933 bits per heavy atom. The summed E-state index contributed by atoms with van der Waals surface area (Å²) in [5, 5.41) is 0.804. The standard InChI is InChI=1S/C26H27NO3/c1-16-13-18(3)21(14-17(16)2)24(28)15-30-26(29)25-19-9-5-4-6-11-22(19)27-23-12-8-7-10-20(23)25/h7-8,10,12-14H,4-6,9,11,15H2,1-3H3. The number of aromatic nitrogens is 1. The third-order valence-electron chi connectivity index (χ3n) is 6.10. The van der Waals surface area contributed by atoms with Gasteiger partial charge in [0.05, 0.1) is 11.1 Å². The highest BCUT2D eigenvalue weighted by atomic mass is 16.5. The number of pyridine rings is 1. The van der Waals surface area contributed by atoms with Gasteiger partial charge in [0.15, 0.2) is 6.61 Å². The predicted octanol–water partition coefficient (Wildman–Crippen LogP) is 5.47. The van der Waals surface area contributed by atoms with Crippen LogP contribution >= 0.6 is 0 Å². The van der Waals surface area contributed by atoms with E-state index in [1.54, 1.807) is 0 Å². The summed E-state index contributed by atoms with van der Waals surface area (Å²) in [6.07, 6.45) is 4.94. The summed E-state index contributed by atoms with van der Waals surface area (Å²) in [5.41, 5.74) is 7.10. The molecule has 0 aliphatic heterocycles. The lowest BCUT2D eigenvalue weighted by atomic mass is 9.97. The van der Waals surface area contributed by atoms with E-state index in [9.17, 15) is 9.59 Å². The van der Waals surface area contributed by atoms with E-state index in [-0.39, 0.29) is 12.4 Å². The quantitative estimate of drug-likeness (QED) is 0.330. The Hall–Kier alpha value is -3.01. The van der Waals surface area contributed by atoms with Crippen molar-refractivity contribution in [3.63, 3.8) is 0 Å². The lowest BCUT2D eigenvalue weighted by Crippen LogP contribution is -2.18. The minimum absolute atomic E-state index is 0.173. The number of ether oxygens (including phenoxy) is 1. The van der Waals surface area contributed by atoms with Gasteiger partial charge in [0, 0.05) is 16.6 Å². The van der Waals surface area contributed by atoms with Gasteiger partial charge in [-0.2, -0.15) is 0 Å². The maximum Gasteiger partial charge on any atom is 0.339 e. The zero-order valence-corrected chi connectivity index (χ0v) is 17.9. The largest absolute Gasteiger partial charge is 0.454 e. The number of Topliss-reactive ketones (excluding diaryl/α,β-unsaturated/α-hetero) is 1. The summed E-state index contributed by atoms with van der Waals surface area (Å²) in [6.45, 7) is 5.66. The molecule has 30 heavy (non-hydrogen) atoms. The van der Waals surface area contributed by atoms with Crippen LogP contribution < -0.4 is 0 Å². The second-order valence-corrected chi connectivity index (χ2v) is 8.24. The number of carbonyl (C=O) groups is 2. The minimum Gasteiger partial charge on any atom is -0.454 e. The molecule has 0 bridgehead atoms. The third kappa shape index (κ3) is 3.87. The van der Waals surface area contributed by atoms with Crippen molar-refractivity contribution in [2.75, 3.05) is 6.61 Å². The topological polar surface area (TPSA) is 56.3 Å². The molecule has 4 nitrogen and oxygen atoms in total. The number of ketones is 1. The van der Waals surface area contributed by atoms with E-state index in [4.69, 9.17) is 9.72 Å². The van der Waals surface area contributed by atoms with E-state index < -0.39 is 5.97 Å². The fourth-order valence-electron chi connectivity index (χ4n) is 4.32. The zero-order valence-electron chi connectivity index (χ0n) is 17.9. The molecule has 0 unspecified atom stereocenters. The first-order chi connectivity index (χ1) is 14.5. The van der Waals surface area contributed by atoms with Gasteiger partial charge in [0.2, 0.25) is 5.78 Å². The molecule has 4 rings (SSSR count). The first-order valence-electron chi connectivity index (χ1n) is 10.6. The fraction of sp³-hybridized carbons (Fsp3) is 0.346. The maximum atomic E-state index is 13.2. The van der Waals surface area contributed by atoms with Crippen LogP contribution in [0.1, 0.15) is 67.9 Å². The van der Waals surface area contributed by atoms with E-state index in [1.165, 1.54) is 0 Å². The van der Waals surface area contributed by atoms with Crippen LogP contribution in [0, 0.1) is 20.8 Å². The molecule has 0 atom stereocenters. The smallest absolute Gasteiger partial charge is 0.339 e. The number of nitrogens with zero attached hydrogens (tertiary/aromatic N) is 1. The van der Waals surface area contributed by atoms with Crippen LogP contribution in [0.15, 0.2) is 36.4 Å². The molecule has 1 aliphatic rings. The van der Waals surface area contributed by atoms with Crippen molar-refractivity contribution >= 4 is 22.7 Å². The van der Waals surface area contributed by atoms with Crippen LogP contribution in [0.5, 0.6) is 0 Å². The average molecular weight is 402 g/mol. The molecule has 0 saturated heterocycles. The molecule has 1 aliphatic carbocycles. The number of rotatable bonds is 4. The molecule has 154 valence electrons. The van der Waals surface area contributed by atoms with E-state index in [0.29, 0.717) is 11.1 Å². The Kier molecular flexibility index (Phi) is 5.67. The molecule has 0 amide bonds. The number of carbonyl (C=O) groups excluding carboxylic acids is 2. The van der Waals surface area contributed by atoms with Gasteiger partial charge in [-0.1, -0.05) is 30.7 Å². The SMILES string of the molecule is Cc1cc(C)c(C(=O)COC(=O)c2c3c(nc4ccccc24)CCCCC3)cc1C. The van der Waals surface area contributed by atoms with Crippen LogP contribution in [0.4, 0.5) is 0 Å². The fourth-order valence-corrected chi connectivity index (χ4v) is 4.32. The number of hydrogen-bond donors (Lipinski definition) is 0. The van der Waals surface area contributed by atoms with Crippen LogP contribution in [-0.2, 0) is 17.6 Å². The summed E-state index contributed by atoms with van der Waals surface area (Å²) < 4.78 is 5.57. The summed E-state index contributed by atoms with van der Waals surface area (Å²) >= 11 is 0. The van der Waals surface area contributed by atoms with Crippen LogP contribution in [-0.4, -0.2) is 23.3 Å². The van der Waals surface area contributed by atoms with Crippen molar-refractivity contribution in [1.29, 1.82) is 0 Å². The normalized spacial score (nSPS) is 13.6. The average Bonchev–Trinajstić information content (AvgIpc) is 2.97. The minimum atomic E-state index is -0.429. The van der Waals surface area contributed by atoms with Crippen LogP contribution in [0.2, 0.25) is 0 Å². The summed E-state index contributed by atoms with van der Waals surface area (Å²) in [7, 11) is 0. The zero-order chi connectivity index (χ0) is 21.3. The Morgan fingerprint density at radius 3 is 2.50 bits per heavy atom. The van der Waals surface area contributed by atoms with Gasteiger partial charge in [-0.15, -0.1) is 0 Å². The van der Waals surface area contributed by atoms with E-state index in [0.717, 1.165) is 71.0 Å². The van der Waals surface area contributed by atoms with Gasteiger partial charge < -0.3 is 4.74 Å². The lowest BCUT2D eigenvalue weighted by molar-refractivity contribution is 0.0475. The molecule has 0 fully saturated rings. The second-order valence-electron chi connectivity index (χ2n) is 8.24. The first kappa shape index (κ1) is 20.3. The third-order valence-corrected chi connectivity index (χ3v) is 6.10. The van der Waals surface area contributed by atoms with Gasteiger partial charge in [-0.3, -0.25) is 9.78 Å². The molecule has 2 aromatic carbocycles. The number of aryl methyl sites for hydroxylation is 4. The van der Waals surface area contributed by atoms with Gasteiger partial charge >= 0.3 is 5.97 Å². The van der Waals surface area contributed by atoms with Crippen molar-refractivity contribution in [1.82, 2.24) is 4.98 Å². The Labute approximate surface area is 177 Å². The van der Waals surface area contributed by atoms with E-state index in [2.05, 4.69) is 0 Å². The molecule has 0 N–H and O–H groups in total. The van der Waals surface area contributed by atoms with Gasteiger partial charge in [-0.05, 0) is 80.8 Å². The monoisotopic (exact) mass is 401 g/mol. The van der Waals surface area contributed by atoms with Crippen molar-refractivity contribution in [2.45, 2.75) is 52.9 Å². The first-order valence-corrected chi connectivity index (χ1v) is 10.6. The number of para-hydroxylation sites is 1. The molecule has 0 saturated carbocycles. The van der Waals surface area contributed by atoms with Crippen molar-refractivity contribution in [3.8, 4) is 0 Å². The number of esters is 1. The molecule has 0 radical (unpaired) electrons. The predicted molar refractivity (Wildman–Crippen MR) is 118 cm³/mol. The highest BCUT2D eigenvalue weighted by Crippen LogP contribution is 2.29. The second kappa shape index (κ2) is 8.39. The van der Waals surface area contributed by atoms with Gasteiger partial charge in [-0.25, -0.2) is 4.79 Å². The van der Waals surface area contributed by atoms with E-state index in [1.807, 2.05) is 57.2 Å². The molecule has 3 aromatic rings. The molecule has 1 heterocycles. The van der Waals surface area contributed by atoms with Crippen molar-refractivity contribution in [3.05, 3.63) is 75.5 Å². The summed E-state index contributed by atoms with van der Waals surface area (Å²) in [6, 6.07) is 11.6. The van der Waals surface area contributed by atoms with E-state index >= 15 is 0 Å². The molecular weight excluding hydrogens is 374 g/mol. The summed E-state index contributed by atoms with van der Waals surface area (Å²) in [4.78, 5) is 30.8. The highest BCUT2D eigenvalue weighted by molar-refractivity contribution is 6.06. The number of hydrogen-bond acceptors (Lipinski definition) is 4. The number of benzene rings is 2. The van der Waals surface area contributed by atoms with Gasteiger partial charge in [0.25, 0.3) is 0 Å². The highest BCUT2D eigenvalue weighted by Gasteiger charge is 2.24. The van der Waals surface area contributed by atoms with Crippen molar-refractivity contribution in [2.24, 2.45) is 0 Å². The van der Waals surface area contributed by atoms with Gasteiger partial charge in [0.1, 0.15) is 0 Å². The Balaban J connectivity index is 1.64. The molecule has 1 aromatic heterocycles.